The van der Waals surface area contributed by atoms with E-state index < -0.39 is 20.5 Å². The zero-order valence-electron chi connectivity index (χ0n) is 12.2. The second-order valence-corrected chi connectivity index (χ2v) is 7.69. The van der Waals surface area contributed by atoms with Gasteiger partial charge in [0.05, 0.1) is 10.3 Å². The van der Waals surface area contributed by atoms with Gasteiger partial charge in [0.25, 0.3) is 11.2 Å². The molecule has 1 aromatic carbocycles. The SMILES string of the molecule is Cc1nc2sc(S(N)(=O)=O)cc2c(=O)n1-c1ccccc1[N+](=O)[O-]. The third-order valence-electron chi connectivity index (χ3n) is 3.31. The average molecular weight is 366 g/mol. The molecule has 2 aromatic heterocycles. The first-order valence-corrected chi connectivity index (χ1v) is 8.86. The predicted octanol–water partition coefficient (Wildman–Crippen LogP) is 1.31. The lowest BCUT2D eigenvalue weighted by Gasteiger charge is -2.09. The van der Waals surface area contributed by atoms with E-state index >= 15 is 0 Å². The highest BCUT2D eigenvalue weighted by Gasteiger charge is 2.21. The molecule has 0 atom stereocenters. The number of benzene rings is 1. The number of fused-ring (bicyclic) bond motifs is 1. The number of nitrogens with two attached hydrogens (primary N) is 1. The predicted molar refractivity (Wildman–Crippen MR) is 88.0 cm³/mol. The summed E-state index contributed by atoms with van der Waals surface area (Å²) in [6.07, 6.45) is 0. The molecule has 0 aliphatic heterocycles. The summed E-state index contributed by atoms with van der Waals surface area (Å²) in [6, 6.07) is 6.87. The maximum atomic E-state index is 12.7. The molecule has 24 heavy (non-hydrogen) atoms. The highest BCUT2D eigenvalue weighted by atomic mass is 32.2. The van der Waals surface area contributed by atoms with E-state index in [-0.39, 0.29) is 31.6 Å². The van der Waals surface area contributed by atoms with E-state index in [1.165, 1.54) is 25.1 Å². The number of para-hydroxylation sites is 2. The van der Waals surface area contributed by atoms with E-state index in [1.54, 1.807) is 6.07 Å². The van der Waals surface area contributed by atoms with Crippen molar-refractivity contribution in [2.24, 2.45) is 5.14 Å². The number of primary sulfonamides is 1. The minimum atomic E-state index is -3.97. The second kappa shape index (κ2) is 5.47. The first-order valence-electron chi connectivity index (χ1n) is 6.50. The number of aryl methyl sites for hydroxylation is 1. The number of sulfonamides is 1. The van der Waals surface area contributed by atoms with Crippen LogP contribution in [0.1, 0.15) is 5.82 Å². The van der Waals surface area contributed by atoms with Gasteiger partial charge in [-0.2, -0.15) is 0 Å². The molecule has 0 bridgehead atoms. The first-order chi connectivity index (χ1) is 11.2. The molecule has 11 heteroatoms. The van der Waals surface area contributed by atoms with Gasteiger partial charge < -0.3 is 0 Å². The largest absolute Gasteiger partial charge is 0.293 e. The Bertz CT molecular complexity index is 1150. The van der Waals surface area contributed by atoms with Gasteiger partial charge in [-0.25, -0.2) is 18.5 Å². The Morgan fingerprint density at radius 2 is 2.00 bits per heavy atom. The van der Waals surface area contributed by atoms with E-state index in [2.05, 4.69) is 4.98 Å². The normalized spacial score (nSPS) is 11.8. The van der Waals surface area contributed by atoms with Crippen molar-refractivity contribution in [3.05, 3.63) is 56.6 Å². The lowest BCUT2D eigenvalue weighted by Crippen LogP contribution is -2.22. The van der Waals surface area contributed by atoms with Gasteiger partial charge in [0.2, 0.25) is 10.0 Å². The van der Waals surface area contributed by atoms with Gasteiger partial charge in [-0.05, 0) is 19.1 Å². The van der Waals surface area contributed by atoms with Gasteiger partial charge >= 0.3 is 0 Å². The lowest BCUT2D eigenvalue weighted by molar-refractivity contribution is -0.384. The Balaban J connectivity index is 2.39. The van der Waals surface area contributed by atoms with E-state index in [9.17, 15) is 23.3 Å². The highest BCUT2D eigenvalue weighted by molar-refractivity contribution is 7.91. The number of aromatic nitrogens is 2. The van der Waals surface area contributed by atoms with E-state index in [0.717, 1.165) is 22.0 Å². The van der Waals surface area contributed by atoms with Gasteiger partial charge in [-0.3, -0.25) is 19.5 Å². The molecule has 0 spiro atoms. The minimum Gasteiger partial charge on any atom is -0.268 e. The van der Waals surface area contributed by atoms with Crippen LogP contribution in [0.2, 0.25) is 0 Å². The summed E-state index contributed by atoms with van der Waals surface area (Å²) in [6.45, 7) is 1.51. The molecular weight excluding hydrogens is 356 g/mol. The van der Waals surface area contributed by atoms with Gasteiger partial charge in [0.1, 0.15) is 20.6 Å². The maximum absolute atomic E-state index is 12.7. The summed E-state index contributed by atoms with van der Waals surface area (Å²) < 4.78 is 23.8. The number of hydrogen-bond donors (Lipinski definition) is 1. The Morgan fingerprint density at radius 3 is 2.62 bits per heavy atom. The Morgan fingerprint density at radius 1 is 1.33 bits per heavy atom. The van der Waals surface area contributed by atoms with Crippen molar-refractivity contribution >= 4 is 37.3 Å². The fourth-order valence-electron chi connectivity index (χ4n) is 2.29. The fourth-order valence-corrected chi connectivity index (χ4v) is 4.08. The zero-order valence-corrected chi connectivity index (χ0v) is 13.8. The van der Waals surface area contributed by atoms with Crippen LogP contribution in [-0.2, 0) is 10.0 Å². The average Bonchev–Trinajstić information content (AvgIpc) is 2.92. The van der Waals surface area contributed by atoms with Crippen molar-refractivity contribution < 1.29 is 13.3 Å². The molecule has 0 aliphatic rings. The van der Waals surface area contributed by atoms with Crippen molar-refractivity contribution in [1.82, 2.24) is 9.55 Å². The van der Waals surface area contributed by atoms with E-state index in [0.29, 0.717) is 0 Å². The quantitative estimate of drug-likeness (QED) is 0.548. The number of thiophene rings is 1. The molecule has 0 fully saturated rings. The van der Waals surface area contributed by atoms with Crippen LogP contribution in [0.15, 0.2) is 39.3 Å². The third-order valence-corrected chi connectivity index (χ3v) is 5.76. The molecule has 0 aliphatic carbocycles. The molecule has 0 unspecified atom stereocenters. The van der Waals surface area contributed by atoms with Crippen LogP contribution in [0.25, 0.3) is 15.9 Å². The molecule has 2 heterocycles. The zero-order chi connectivity index (χ0) is 17.6. The Hall–Kier alpha value is -2.63. The number of rotatable bonds is 3. The van der Waals surface area contributed by atoms with Crippen LogP contribution in [0.3, 0.4) is 0 Å². The number of hydrogen-bond acceptors (Lipinski definition) is 7. The van der Waals surface area contributed by atoms with Crippen LogP contribution in [0.4, 0.5) is 5.69 Å². The molecule has 0 amide bonds. The molecule has 3 aromatic rings. The van der Waals surface area contributed by atoms with Crippen molar-refractivity contribution in [3.63, 3.8) is 0 Å². The Labute approximate surface area is 139 Å². The van der Waals surface area contributed by atoms with Crippen LogP contribution < -0.4 is 10.7 Å². The maximum Gasteiger partial charge on any atom is 0.293 e. The molecule has 0 saturated carbocycles. The van der Waals surface area contributed by atoms with Crippen LogP contribution >= 0.6 is 11.3 Å². The molecule has 124 valence electrons. The monoisotopic (exact) mass is 366 g/mol. The minimum absolute atomic E-state index is 0.0350. The van der Waals surface area contributed by atoms with Crippen LogP contribution in [-0.4, -0.2) is 22.9 Å². The summed E-state index contributed by atoms with van der Waals surface area (Å²) in [5.41, 5.74) is -0.800. The smallest absolute Gasteiger partial charge is 0.268 e. The summed E-state index contributed by atoms with van der Waals surface area (Å²) in [5, 5.41) is 16.3. The van der Waals surface area contributed by atoms with Gasteiger partial charge in [0.15, 0.2) is 0 Å². The summed E-state index contributed by atoms with van der Waals surface area (Å²) >= 11 is 0.776. The number of nitrogens with zero attached hydrogens (tertiary/aromatic N) is 3. The van der Waals surface area contributed by atoms with Crippen LogP contribution in [0, 0.1) is 17.0 Å². The molecule has 0 radical (unpaired) electrons. The van der Waals surface area contributed by atoms with Gasteiger partial charge in [-0.15, -0.1) is 11.3 Å². The standard InChI is InChI=1S/C13H10N4O5S2/c1-7-15-12-8(6-11(23-12)24(14,21)22)13(18)16(7)9-4-2-3-5-10(9)17(19)20/h2-6H,1H3,(H2,14,21,22). The van der Waals surface area contributed by atoms with Gasteiger partial charge in [-0.1, -0.05) is 12.1 Å². The van der Waals surface area contributed by atoms with E-state index in [4.69, 9.17) is 5.14 Å². The van der Waals surface area contributed by atoms with E-state index in [1.807, 2.05) is 0 Å². The van der Waals surface area contributed by atoms with Crippen molar-refractivity contribution in [2.45, 2.75) is 11.1 Å². The van der Waals surface area contributed by atoms with Crippen molar-refractivity contribution in [1.29, 1.82) is 0 Å². The Kier molecular flexibility index (Phi) is 3.70. The molecular formula is C13H10N4O5S2. The molecule has 3 rings (SSSR count). The summed E-state index contributed by atoms with van der Waals surface area (Å²) in [7, 11) is -3.97. The first kappa shape index (κ1) is 16.2. The van der Waals surface area contributed by atoms with Crippen molar-refractivity contribution in [2.75, 3.05) is 0 Å². The topological polar surface area (TPSA) is 138 Å². The third kappa shape index (κ3) is 2.58. The second-order valence-electron chi connectivity index (χ2n) is 4.87. The highest BCUT2D eigenvalue weighted by Crippen LogP contribution is 2.27. The molecule has 2 N–H and O–H groups in total. The van der Waals surface area contributed by atoms with Crippen molar-refractivity contribution in [3.8, 4) is 5.69 Å². The van der Waals surface area contributed by atoms with Crippen LogP contribution in [0.5, 0.6) is 0 Å². The number of nitro groups is 1. The molecule has 9 nitrogen and oxygen atoms in total. The lowest BCUT2D eigenvalue weighted by atomic mass is 10.2. The van der Waals surface area contributed by atoms with Gasteiger partial charge in [0, 0.05) is 6.07 Å². The fraction of sp³-hybridized carbons (Fsp3) is 0.0769. The molecule has 0 saturated heterocycles. The number of nitro benzene ring substituents is 1. The summed E-state index contributed by atoms with van der Waals surface area (Å²) in [5.74, 6) is 0.199. The summed E-state index contributed by atoms with van der Waals surface area (Å²) in [4.78, 5) is 27.7.